The van der Waals surface area contributed by atoms with E-state index in [4.69, 9.17) is 17.3 Å². The van der Waals surface area contributed by atoms with Crippen LogP contribution in [0.1, 0.15) is 5.56 Å². The number of hydrogen-bond donors (Lipinski definition) is 1. The van der Waals surface area contributed by atoms with Gasteiger partial charge in [0.25, 0.3) is 5.91 Å². The van der Waals surface area contributed by atoms with Crippen molar-refractivity contribution in [1.82, 2.24) is 4.90 Å². The van der Waals surface area contributed by atoms with Crippen LogP contribution in [0.4, 0.5) is 0 Å². The Bertz CT molecular complexity index is 829. The van der Waals surface area contributed by atoms with Crippen LogP contribution in [-0.2, 0) is 9.59 Å². The zero-order valence-corrected chi connectivity index (χ0v) is 13.0. The number of fused-ring (bicyclic) bond motifs is 1. The van der Waals surface area contributed by atoms with Gasteiger partial charge in [-0.25, -0.2) is 0 Å². The second kappa shape index (κ2) is 5.90. The van der Waals surface area contributed by atoms with Crippen LogP contribution in [0.5, 0.6) is 0 Å². The molecule has 6 heteroatoms. The SMILES string of the molecule is O=C(O)CN1C(=O)/C(=C\c2ccc3ccccc3c2)SC1=S. The molecule has 1 aliphatic rings. The summed E-state index contributed by atoms with van der Waals surface area (Å²) in [6.07, 6.45) is 1.74. The van der Waals surface area contributed by atoms with Gasteiger partial charge in [-0.15, -0.1) is 0 Å². The molecule has 0 aromatic heterocycles. The summed E-state index contributed by atoms with van der Waals surface area (Å²) in [7, 11) is 0. The number of amides is 1. The Balaban J connectivity index is 1.92. The zero-order valence-electron chi connectivity index (χ0n) is 11.4. The van der Waals surface area contributed by atoms with Gasteiger partial charge in [0.2, 0.25) is 0 Å². The molecule has 2 aromatic carbocycles. The number of carboxylic acid groups (broad SMARTS) is 1. The summed E-state index contributed by atoms with van der Waals surface area (Å²) in [6.45, 7) is -0.403. The third-order valence-electron chi connectivity index (χ3n) is 3.24. The lowest BCUT2D eigenvalue weighted by Gasteiger charge is -2.10. The Morgan fingerprint density at radius 3 is 2.68 bits per heavy atom. The smallest absolute Gasteiger partial charge is 0.323 e. The predicted molar refractivity (Wildman–Crippen MR) is 91.5 cm³/mol. The van der Waals surface area contributed by atoms with Crippen LogP contribution in [0.3, 0.4) is 0 Å². The lowest BCUT2D eigenvalue weighted by molar-refractivity contribution is -0.140. The highest BCUT2D eigenvalue weighted by Gasteiger charge is 2.33. The molecule has 22 heavy (non-hydrogen) atoms. The topological polar surface area (TPSA) is 57.6 Å². The molecule has 4 nitrogen and oxygen atoms in total. The van der Waals surface area contributed by atoms with Gasteiger partial charge in [0.1, 0.15) is 10.9 Å². The van der Waals surface area contributed by atoms with Crippen LogP contribution in [0.2, 0.25) is 0 Å². The standard InChI is InChI=1S/C16H11NO3S2/c18-14(19)9-17-15(20)13(22-16(17)21)8-10-5-6-11-3-1-2-4-12(11)7-10/h1-8H,9H2,(H,18,19)/b13-8+. The first kappa shape index (κ1) is 14.7. The molecule has 110 valence electrons. The Labute approximate surface area is 136 Å². The van der Waals surface area contributed by atoms with Gasteiger partial charge in [0.15, 0.2) is 0 Å². The molecule has 0 unspecified atom stereocenters. The molecule has 0 saturated carbocycles. The van der Waals surface area contributed by atoms with E-state index in [1.165, 1.54) is 0 Å². The first-order chi connectivity index (χ1) is 10.5. The molecule has 0 spiro atoms. The third-order valence-corrected chi connectivity index (χ3v) is 4.62. The molecule has 0 atom stereocenters. The molecular weight excluding hydrogens is 318 g/mol. The summed E-state index contributed by atoms with van der Waals surface area (Å²) in [6, 6.07) is 13.8. The van der Waals surface area contributed by atoms with Crippen molar-refractivity contribution in [1.29, 1.82) is 0 Å². The van der Waals surface area contributed by atoms with E-state index < -0.39 is 12.5 Å². The summed E-state index contributed by atoms with van der Waals surface area (Å²) < 4.78 is 0.277. The van der Waals surface area contributed by atoms with Gasteiger partial charge in [-0.3, -0.25) is 14.5 Å². The molecule has 1 aliphatic heterocycles. The number of hydrogen-bond acceptors (Lipinski definition) is 4. The highest BCUT2D eigenvalue weighted by atomic mass is 32.2. The van der Waals surface area contributed by atoms with E-state index in [9.17, 15) is 9.59 Å². The molecule has 3 rings (SSSR count). The van der Waals surface area contributed by atoms with Crippen molar-refractivity contribution in [3.8, 4) is 0 Å². The number of aliphatic carboxylic acids is 1. The maximum absolute atomic E-state index is 12.2. The van der Waals surface area contributed by atoms with Crippen LogP contribution in [0, 0.1) is 0 Å². The highest BCUT2D eigenvalue weighted by molar-refractivity contribution is 8.26. The van der Waals surface area contributed by atoms with Crippen molar-refractivity contribution >= 4 is 57.0 Å². The lowest BCUT2D eigenvalue weighted by atomic mass is 10.1. The van der Waals surface area contributed by atoms with Gasteiger partial charge < -0.3 is 5.11 Å². The summed E-state index contributed by atoms with van der Waals surface area (Å²) >= 11 is 6.20. The third kappa shape index (κ3) is 2.88. The normalized spacial score (nSPS) is 16.7. The van der Waals surface area contributed by atoms with Crippen LogP contribution in [0.15, 0.2) is 47.4 Å². The van der Waals surface area contributed by atoms with Gasteiger partial charge in [-0.1, -0.05) is 60.4 Å². The van der Waals surface area contributed by atoms with E-state index in [-0.39, 0.29) is 10.2 Å². The van der Waals surface area contributed by atoms with Crippen molar-refractivity contribution in [3.05, 3.63) is 52.9 Å². The van der Waals surface area contributed by atoms with Crippen LogP contribution in [-0.4, -0.2) is 32.7 Å². The average molecular weight is 329 g/mol. The number of carbonyl (C=O) groups is 2. The maximum Gasteiger partial charge on any atom is 0.323 e. The van der Waals surface area contributed by atoms with Crippen molar-refractivity contribution in [3.63, 3.8) is 0 Å². The number of thioether (sulfide) groups is 1. The minimum atomic E-state index is -1.08. The fraction of sp³-hybridized carbons (Fsp3) is 0.0625. The van der Waals surface area contributed by atoms with E-state index >= 15 is 0 Å². The Kier molecular flexibility index (Phi) is 3.96. The number of thiocarbonyl (C=S) groups is 1. The summed E-state index contributed by atoms with van der Waals surface area (Å²) in [5, 5.41) is 11.0. The van der Waals surface area contributed by atoms with Crippen LogP contribution >= 0.6 is 24.0 Å². The first-order valence-electron chi connectivity index (χ1n) is 6.50. The molecule has 2 aromatic rings. The van der Waals surface area contributed by atoms with Gasteiger partial charge in [0.05, 0.1) is 4.91 Å². The number of nitrogens with zero attached hydrogens (tertiary/aromatic N) is 1. The Morgan fingerprint density at radius 2 is 1.95 bits per heavy atom. The number of carboxylic acids is 1. The van der Waals surface area contributed by atoms with E-state index in [0.29, 0.717) is 4.91 Å². The maximum atomic E-state index is 12.2. The fourth-order valence-electron chi connectivity index (χ4n) is 2.22. The van der Waals surface area contributed by atoms with E-state index in [1.54, 1.807) is 6.08 Å². The molecule has 1 saturated heterocycles. The van der Waals surface area contributed by atoms with Gasteiger partial charge in [-0.05, 0) is 28.5 Å². The van der Waals surface area contributed by atoms with Gasteiger partial charge in [-0.2, -0.15) is 0 Å². The zero-order chi connectivity index (χ0) is 15.7. The molecule has 1 amide bonds. The summed E-state index contributed by atoms with van der Waals surface area (Å²) in [5.74, 6) is -1.44. The lowest BCUT2D eigenvalue weighted by Crippen LogP contribution is -2.33. The molecular formula is C16H11NO3S2. The quantitative estimate of drug-likeness (QED) is 0.692. The number of benzene rings is 2. The Morgan fingerprint density at radius 1 is 1.23 bits per heavy atom. The minimum absolute atomic E-state index is 0.277. The highest BCUT2D eigenvalue weighted by Crippen LogP contribution is 2.32. The largest absolute Gasteiger partial charge is 0.480 e. The van der Waals surface area contributed by atoms with E-state index in [2.05, 4.69) is 0 Å². The van der Waals surface area contributed by atoms with Crippen LogP contribution in [0.25, 0.3) is 16.8 Å². The monoisotopic (exact) mass is 329 g/mol. The van der Waals surface area contributed by atoms with Gasteiger partial charge in [0, 0.05) is 0 Å². The van der Waals surface area contributed by atoms with Crippen LogP contribution < -0.4 is 0 Å². The molecule has 1 fully saturated rings. The molecule has 0 aliphatic carbocycles. The summed E-state index contributed by atoms with van der Waals surface area (Å²) in [4.78, 5) is 24.5. The van der Waals surface area contributed by atoms with E-state index in [0.717, 1.165) is 33.0 Å². The average Bonchev–Trinajstić information content (AvgIpc) is 2.74. The molecule has 0 bridgehead atoms. The minimum Gasteiger partial charge on any atom is -0.480 e. The summed E-state index contributed by atoms with van der Waals surface area (Å²) in [5.41, 5.74) is 0.884. The molecule has 1 N–H and O–H groups in total. The van der Waals surface area contributed by atoms with E-state index in [1.807, 2.05) is 42.5 Å². The number of rotatable bonds is 3. The van der Waals surface area contributed by atoms with Gasteiger partial charge >= 0.3 is 5.97 Å². The second-order valence-electron chi connectivity index (χ2n) is 4.77. The second-order valence-corrected chi connectivity index (χ2v) is 6.44. The van der Waals surface area contributed by atoms with Crippen molar-refractivity contribution in [2.24, 2.45) is 0 Å². The van der Waals surface area contributed by atoms with Crippen molar-refractivity contribution in [2.45, 2.75) is 0 Å². The Hall–Kier alpha value is -2.18. The molecule has 0 radical (unpaired) electrons. The molecule has 1 heterocycles. The fourth-order valence-corrected chi connectivity index (χ4v) is 3.48. The van der Waals surface area contributed by atoms with Crippen molar-refractivity contribution in [2.75, 3.05) is 6.54 Å². The number of carbonyl (C=O) groups excluding carboxylic acids is 1. The predicted octanol–water partition coefficient (Wildman–Crippen LogP) is 3.13. The van der Waals surface area contributed by atoms with Crippen molar-refractivity contribution < 1.29 is 14.7 Å². The first-order valence-corrected chi connectivity index (χ1v) is 7.73.